The Morgan fingerprint density at radius 1 is 0.958 bits per heavy atom. The minimum atomic E-state index is -1.52. The van der Waals surface area contributed by atoms with E-state index in [0.29, 0.717) is 0 Å². The second kappa shape index (κ2) is 10.9. The summed E-state index contributed by atoms with van der Waals surface area (Å²) in [4.78, 5) is 55.8. The van der Waals surface area contributed by atoms with Gasteiger partial charge < -0.3 is 37.0 Å². The molecule has 0 rings (SSSR count). The summed E-state index contributed by atoms with van der Waals surface area (Å²) in [6.07, 6.45) is -0.621. The Hall–Kier alpha value is -2.73. The van der Waals surface area contributed by atoms with Crippen molar-refractivity contribution in [1.82, 2.24) is 16.0 Å². The Kier molecular flexibility index (Phi) is 9.67. The van der Waals surface area contributed by atoms with Gasteiger partial charge in [-0.15, -0.1) is 0 Å². The number of amides is 3. The van der Waals surface area contributed by atoms with Gasteiger partial charge in [-0.05, 0) is 6.42 Å². The second-order valence-electron chi connectivity index (χ2n) is 4.62. The molecule has 8 N–H and O–H groups in total. The van der Waals surface area contributed by atoms with Crippen molar-refractivity contribution in [2.45, 2.75) is 24.9 Å². The van der Waals surface area contributed by atoms with Crippen molar-refractivity contribution < 1.29 is 39.3 Å². The maximum Gasteiger partial charge on any atom is 0.328 e. The van der Waals surface area contributed by atoms with Gasteiger partial charge in [-0.2, -0.15) is 0 Å². The third kappa shape index (κ3) is 8.65. The number of carboxylic acid groups (broad SMARTS) is 2. The van der Waals surface area contributed by atoms with Crippen molar-refractivity contribution in [2.24, 2.45) is 5.73 Å². The van der Waals surface area contributed by atoms with E-state index in [2.05, 4.69) is 10.6 Å². The third-order valence-corrected chi connectivity index (χ3v) is 2.72. The lowest BCUT2D eigenvalue weighted by molar-refractivity contribution is -0.142. The highest BCUT2D eigenvalue weighted by molar-refractivity contribution is 5.92. The molecule has 24 heavy (non-hydrogen) atoms. The molecule has 0 spiro atoms. The maximum absolute atomic E-state index is 11.9. The van der Waals surface area contributed by atoms with Crippen molar-refractivity contribution in [3.05, 3.63) is 0 Å². The fourth-order valence-electron chi connectivity index (χ4n) is 1.51. The first-order chi connectivity index (χ1) is 11.2. The molecule has 0 aromatic rings. The van der Waals surface area contributed by atoms with Crippen LogP contribution in [-0.4, -0.2) is 76.8 Å². The van der Waals surface area contributed by atoms with Gasteiger partial charge in [0.25, 0.3) is 0 Å². The van der Waals surface area contributed by atoms with Crippen molar-refractivity contribution in [3.8, 4) is 0 Å². The lowest BCUT2D eigenvalue weighted by atomic mass is 10.1. The molecule has 0 heterocycles. The van der Waals surface area contributed by atoms with E-state index in [4.69, 9.17) is 21.1 Å². The van der Waals surface area contributed by atoms with E-state index < -0.39 is 67.9 Å². The second-order valence-corrected chi connectivity index (χ2v) is 4.62. The van der Waals surface area contributed by atoms with Crippen LogP contribution in [0, 0.1) is 0 Å². The summed E-state index contributed by atoms with van der Waals surface area (Å²) in [6.45, 7) is -1.86. The number of carboxylic acids is 2. The zero-order chi connectivity index (χ0) is 18.7. The molecule has 0 aromatic carbocycles. The standard InChI is InChI=1S/C12H20N4O8/c13-3-8(18)15-6(1-2-10(20)21)11(22)14-4-9(19)16-7(5-17)12(23)24/h6-7,17H,1-5,13H2,(H,14,22)(H,15,18)(H,16,19)(H,20,21)(H,23,24). The molecule has 2 atom stereocenters. The number of hydrogen-bond donors (Lipinski definition) is 7. The van der Waals surface area contributed by atoms with Crippen LogP contribution in [0.15, 0.2) is 0 Å². The van der Waals surface area contributed by atoms with Gasteiger partial charge in [-0.3, -0.25) is 19.2 Å². The van der Waals surface area contributed by atoms with Crippen LogP contribution in [-0.2, 0) is 24.0 Å². The number of hydrogen-bond acceptors (Lipinski definition) is 7. The summed E-state index contributed by atoms with van der Waals surface area (Å²) in [5, 5.41) is 32.3. The molecule has 0 aromatic heterocycles. The van der Waals surface area contributed by atoms with E-state index in [1.807, 2.05) is 5.32 Å². The van der Waals surface area contributed by atoms with Gasteiger partial charge in [0.2, 0.25) is 17.7 Å². The van der Waals surface area contributed by atoms with Crippen molar-refractivity contribution in [2.75, 3.05) is 19.7 Å². The van der Waals surface area contributed by atoms with E-state index in [1.165, 1.54) is 0 Å². The Bertz CT molecular complexity index is 495. The molecule has 0 radical (unpaired) electrons. The van der Waals surface area contributed by atoms with Crippen LogP contribution >= 0.6 is 0 Å². The zero-order valence-corrected chi connectivity index (χ0v) is 12.7. The highest BCUT2D eigenvalue weighted by atomic mass is 16.4. The predicted molar refractivity (Wildman–Crippen MR) is 77.5 cm³/mol. The van der Waals surface area contributed by atoms with Crippen LogP contribution in [0.3, 0.4) is 0 Å². The molecule has 0 fully saturated rings. The van der Waals surface area contributed by atoms with E-state index in [9.17, 15) is 24.0 Å². The summed E-state index contributed by atoms with van der Waals surface area (Å²) in [5.41, 5.74) is 5.09. The number of aliphatic hydroxyl groups is 1. The van der Waals surface area contributed by atoms with Gasteiger partial charge in [0, 0.05) is 6.42 Å². The van der Waals surface area contributed by atoms with Gasteiger partial charge in [0.1, 0.15) is 12.1 Å². The Balaban J connectivity index is 4.57. The van der Waals surface area contributed by atoms with E-state index in [0.717, 1.165) is 0 Å². The van der Waals surface area contributed by atoms with Gasteiger partial charge in [-0.25, -0.2) is 4.79 Å². The number of nitrogens with two attached hydrogens (primary N) is 1. The number of aliphatic hydroxyl groups excluding tert-OH is 1. The van der Waals surface area contributed by atoms with Crippen molar-refractivity contribution in [1.29, 1.82) is 0 Å². The van der Waals surface area contributed by atoms with E-state index in [-0.39, 0.29) is 6.42 Å². The van der Waals surface area contributed by atoms with Crippen molar-refractivity contribution >= 4 is 29.7 Å². The smallest absolute Gasteiger partial charge is 0.328 e. The lowest BCUT2D eigenvalue weighted by Crippen LogP contribution is -2.52. The molecular formula is C12H20N4O8. The number of nitrogens with one attached hydrogen (secondary N) is 3. The largest absolute Gasteiger partial charge is 0.481 e. The average molecular weight is 348 g/mol. The number of carbonyl (C=O) groups excluding carboxylic acids is 3. The Morgan fingerprint density at radius 3 is 2.00 bits per heavy atom. The number of carbonyl (C=O) groups is 5. The van der Waals surface area contributed by atoms with Crippen LogP contribution in [0.4, 0.5) is 0 Å². The molecule has 0 aliphatic rings. The molecule has 0 bridgehead atoms. The predicted octanol–water partition coefficient (Wildman–Crippen LogP) is -4.03. The van der Waals surface area contributed by atoms with Gasteiger partial charge in [0.15, 0.2) is 0 Å². The van der Waals surface area contributed by atoms with Gasteiger partial charge >= 0.3 is 11.9 Å². The maximum atomic E-state index is 11.9. The first-order valence-electron chi connectivity index (χ1n) is 6.83. The molecule has 0 aliphatic heterocycles. The minimum Gasteiger partial charge on any atom is -0.481 e. The summed E-state index contributed by atoms with van der Waals surface area (Å²) in [7, 11) is 0. The van der Waals surface area contributed by atoms with E-state index in [1.54, 1.807) is 0 Å². The summed E-state index contributed by atoms with van der Waals surface area (Å²) >= 11 is 0. The number of rotatable bonds is 11. The molecule has 2 unspecified atom stereocenters. The van der Waals surface area contributed by atoms with Crippen LogP contribution < -0.4 is 21.7 Å². The van der Waals surface area contributed by atoms with Crippen LogP contribution in [0.2, 0.25) is 0 Å². The molecular weight excluding hydrogens is 328 g/mol. The Morgan fingerprint density at radius 2 is 1.54 bits per heavy atom. The molecule has 12 nitrogen and oxygen atoms in total. The zero-order valence-electron chi connectivity index (χ0n) is 12.7. The fourth-order valence-corrected chi connectivity index (χ4v) is 1.51. The van der Waals surface area contributed by atoms with E-state index >= 15 is 0 Å². The molecule has 136 valence electrons. The highest BCUT2D eigenvalue weighted by Gasteiger charge is 2.23. The first kappa shape index (κ1) is 21.3. The SMILES string of the molecule is NCC(=O)NC(CCC(=O)O)C(=O)NCC(=O)NC(CO)C(=O)O. The van der Waals surface area contributed by atoms with Crippen LogP contribution in [0.5, 0.6) is 0 Å². The molecule has 12 heteroatoms. The number of aliphatic carboxylic acids is 2. The molecule has 0 aliphatic carbocycles. The normalized spacial score (nSPS) is 12.6. The van der Waals surface area contributed by atoms with Gasteiger partial charge in [-0.1, -0.05) is 0 Å². The quantitative estimate of drug-likeness (QED) is 0.193. The highest BCUT2D eigenvalue weighted by Crippen LogP contribution is 1.98. The summed E-state index contributed by atoms with van der Waals surface area (Å²) in [5.74, 6) is -5.03. The monoisotopic (exact) mass is 348 g/mol. The summed E-state index contributed by atoms with van der Waals surface area (Å²) < 4.78 is 0. The lowest BCUT2D eigenvalue weighted by Gasteiger charge is -2.18. The average Bonchev–Trinajstić information content (AvgIpc) is 2.53. The first-order valence-corrected chi connectivity index (χ1v) is 6.83. The van der Waals surface area contributed by atoms with Crippen LogP contribution in [0.1, 0.15) is 12.8 Å². The van der Waals surface area contributed by atoms with Crippen molar-refractivity contribution in [3.63, 3.8) is 0 Å². The third-order valence-electron chi connectivity index (χ3n) is 2.72. The fraction of sp³-hybridized carbons (Fsp3) is 0.583. The molecule has 3 amide bonds. The Labute approximate surface area is 136 Å². The van der Waals surface area contributed by atoms with Gasteiger partial charge in [0.05, 0.1) is 19.7 Å². The topological polar surface area (TPSA) is 208 Å². The molecule has 0 saturated heterocycles. The minimum absolute atomic E-state index is 0.219. The summed E-state index contributed by atoms with van der Waals surface area (Å²) in [6, 6.07) is -2.73. The van der Waals surface area contributed by atoms with Crippen LogP contribution in [0.25, 0.3) is 0 Å². The molecule has 0 saturated carbocycles.